The van der Waals surface area contributed by atoms with Crippen molar-refractivity contribution in [2.24, 2.45) is 0 Å². The minimum Gasteiger partial charge on any atom is -0.507 e. The molecule has 3 rings (SSSR count). The predicted octanol–water partition coefficient (Wildman–Crippen LogP) is 3.91. The van der Waals surface area contributed by atoms with Gasteiger partial charge in [-0.3, -0.25) is 0 Å². The Morgan fingerprint density at radius 1 is 1.00 bits per heavy atom. The summed E-state index contributed by atoms with van der Waals surface area (Å²) in [5.74, 6) is -0.250. The molecule has 0 fully saturated rings. The van der Waals surface area contributed by atoms with Gasteiger partial charge < -0.3 is 14.6 Å². The molecule has 0 radical (unpaired) electrons. The Morgan fingerprint density at radius 3 is 2.52 bits per heavy atom. The standard InChI is InChI=1S/C19H16O4/c1-22-19(21)17-9-8-16(11-18(17)20)23-12-13-6-7-14-4-2-3-5-15(14)10-13/h2-11,20H,12H2,1H3. The summed E-state index contributed by atoms with van der Waals surface area (Å²) in [7, 11) is 1.27. The highest BCUT2D eigenvalue weighted by Crippen LogP contribution is 2.25. The van der Waals surface area contributed by atoms with Crippen molar-refractivity contribution in [1.29, 1.82) is 0 Å². The fourth-order valence-electron chi connectivity index (χ4n) is 2.38. The van der Waals surface area contributed by atoms with Gasteiger partial charge in [0.2, 0.25) is 0 Å². The zero-order chi connectivity index (χ0) is 16.2. The molecular weight excluding hydrogens is 292 g/mol. The second kappa shape index (κ2) is 6.40. The van der Waals surface area contributed by atoms with E-state index in [1.165, 1.54) is 24.6 Å². The maximum absolute atomic E-state index is 11.4. The van der Waals surface area contributed by atoms with Crippen molar-refractivity contribution < 1.29 is 19.4 Å². The van der Waals surface area contributed by atoms with Crippen LogP contribution in [-0.2, 0) is 11.3 Å². The summed E-state index contributed by atoms with van der Waals surface area (Å²) in [6.45, 7) is 0.377. The number of aromatic hydroxyl groups is 1. The van der Waals surface area contributed by atoms with Gasteiger partial charge in [0, 0.05) is 6.07 Å². The lowest BCUT2D eigenvalue weighted by molar-refractivity contribution is 0.0597. The van der Waals surface area contributed by atoms with Gasteiger partial charge in [-0.25, -0.2) is 4.79 Å². The van der Waals surface area contributed by atoms with Gasteiger partial charge in [0.1, 0.15) is 23.7 Å². The van der Waals surface area contributed by atoms with Crippen molar-refractivity contribution in [3.05, 3.63) is 71.8 Å². The van der Waals surface area contributed by atoms with E-state index in [2.05, 4.69) is 22.9 Å². The number of benzene rings is 3. The van der Waals surface area contributed by atoms with Crippen LogP contribution in [0.3, 0.4) is 0 Å². The van der Waals surface area contributed by atoms with E-state index in [4.69, 9.17) is 4.74 Å². The quantitative estimate of drug-likeness (QED) is 0.742. The van der Waals surface area contributed by atoms with Crippen molar-refractivity contribution >= 4 is 16.7 Å². The average Bonchev–Trinajstić information content (AvgIpc) is 2.59. The molecule has 0 saturated carbocycles. The normalized spacial score (nSPS) is 10.5. The summed E-state index contributed by atoms with van der Waals surface area (Å²) in [5.41, 5.74) is 1.14. The largest absolute Gasteiger partial charge is 0.507 e. The van der Waals surface area contributed by atoms with Crippen LogP contribution in [-0.4, -0.2) is 18.2 Å². The van der Waals surface area contributed by atoms with Crippen LogP contribution in [0.2, 0.25) is 0 Å². The van der Waals surface area contributed by atoms with Crippen molar-refractivity contribution in [2.75, 3.05) is 7.11 Å². The minimum absolute atomic E-state index is 0.116. The lowest BCUT2D eigenvalue weighted by atomic mass is 10.1. The maximum atomic E-state index is 11.4. The molecule has 0 aliphatic carbocycles. The lowest BCUT2D eigenvalue weighted by Gasteiger charge is -2.09. The number of rotatable bonds is 4. The number of carbonyl (C=O) groups is 1. The second-order valence-electron chi connectivity index (χ2n) is 5.14. The highest BCUT2D eigenvalue weighted by Gasteiger charge is 2.12. The number of ether oxygens (including phenoxy) is 2. The van der Waals surface area contributed by atoms with Gasteiger partial charge in [-0.05, 0) is 34.5 Å². The first-order valence-corrected chi connectivity index (χ1v) is 7.19. The predicted molar refractivity (Wildman–Crippen MR) is 87.7 cm³/mol. The molecule has 23 heavy (non-hydrogen) atoms. The number of fused-ring (bicyclic) bond motifs is 1. The van der Waals surface area contributed by atoms with E-state index in [-0.39, 0.29) is 11.3 Å². The van der Waals surface area contributed by atoms with Crippen LogP contribution in [0.4, 0.5) is 0 Å². The summed E-state index contributed by atoms with van der Waals surface area (Å²) in [5, 5.41) is 12.2. The Hall–Kier alpha value is -3.01. The van der Waals surface area contributed by atoms with E-state index in [0.29, 0.717) is 12.4 Å². The number of phenolic OH excluding ortho intramolecular Hbond substituents is 1. The van der Waals surface area contributed by atoms with Gasteiger partial charge in [-0.15, -0.1) is 0 Å². The van der Waals surface area contributed by atoms with Gasteiger partial charge in [-0.1, -0.05) is 36.4 Å². The third-order valence-corrected chi connectivity index (χ3v) is 3.59. The van der Waals surface area contributed by atoms with Gasteiger partial charge in [0.05, 0.1) is 7.11 Å². The van der Waals surface area contributed by atoms with Crippen molar-refractivity contribution in [3.63, 3.8) is 0 Å². The van der Waals surface area contributed by atoms with Crippen LogP contribution in [0.25, 0.3) is 10.8 Å². The molecule has 0 unspecified atom stereocenters. The van der Waals surface area contributed by atoms with E-state index in [1.54, 1.807) is 6.07 Å². The van der Waals surface area contributed by atoms with E-state index >= 15 is 0 Å². The summed E-state index contributed by atoms with van der Waals surface area (Å²) in [6, 6.07) is 18.8. The molecule has 0 aromatic heterocycles. The second-order valence-corrected chi connectivity index (χ2v) is 5.14. The molecule has 0 aliphatic rings. The number of carbonyl (C=O) groups excluding carboxylic acids is 1. The Balaban J connectivity index is 1.74. The maximum Gasteiger partial charge on any atom is 0.341 e. The van der Waals surface area contributed by atoms with Crippen LogP contribution in [0.5, 0.6) is 11.5 Å². The topological polar surface area (TPSA) is 55.8 Å². The average molecular weight is 308 g/mol. The molecule has 3 aromatic rings. The van der Waals surface area contributed by atoms with Crippen LogP contribution >= 0.6 is 0 Å². The zero-order valence-electron chi connectivity index (χ0n) is 12.7. The number of hydrogen-bond acceptors (Lipinski definition) is 4. The molecule has 0 heterocycles. The zero-order valence-corrected chi connectivity index (χ0v) is 12.7. The molecule has 116 valence electrons. The Morgan fingerprint density at radius 2 is 1.78 bits per heavy atom. The molecule has 1 N–H and O–H groups in total. The number of methoxy groups -OCH3 is 1. The van der Waals surface area contributed by atoms with Gasteiger partial charge in [-0.2, -0.15) is 0 Å². The summed E-state index contributed by atoms with van der Waals surface area (Å²) in [6.07, 6.45) is 0. The molecular formula is C19H16O4. The lowest BCUT2D eigenvalue weighted by Crippen LogP contribution is -2.02. The van der Waals surface area contributed by atoms with E-state index < -0.39 is 5.97 Å². The van der Waals surface area contributed by atoms with Gasteiger partial charge in [0.25, 0.3) is 0 Å². The first-order valence-electron chi connectivity index (χ1n) is 7.19. The minimum atomic E-state index is -0.580. The molecule has 3 aromatic carbocycles. The highest BCUT2D eigenvalue weighted by molar-refractivity contribution is 5.92. The Bertz CT molecular complexity index is 855. The molecule has 0 amide bonds. The van der Waals surface area contributed by atoms with Crippen molar-refractivity contribution in [2.45, 2.75) is 6.61 Å². The molecule has 0 spiro atoms. The highest BCUT2D eigenvalue weighted by atomic mass is 16.5. The molecule has 4 heteroatoms. The Labute approximate surface area is 133 Å². The van der Waals surface area contributed by atoms with Crippen molar-refractivity contribution in [3.8, 4) is 11.5 Å². The SMILES string of the molecule is COC(=O)c1ccc(OCc2ccc3ccccc3c2)cc1O. The van der Waals surface area contributed by atoms with Crippen LogP contribution in [0.15, 0.2) is 60.7 Å². The van der Waals surface area contributed by atoms with E-state index in [0.717, 1.165) is 10.9 Å². The molecule has 4 nitrogen and oxygen atoms in total. The fourth-order valence-corrected chi connectivity index (χ4v) is 2.38. The van der Waals surface area contributed by atoms with Crippen LogP contribution in [0, 0.1) is 0 Å². The van der Waals surface area contributed by atoms with Gasteiger partial charge >= 0.3 is 5.97 Å². The van der Waals surface area contributed by atoms with Crippen LogP contribution in [0.1, 0.15) is 15.9 Å². The van der Waals surface area contributed by atoms with E-state index in [1.807, 2.05) is 24.3 Å². The molecule has 0 bridgehead atoms. The summed E-state index contributed by atoms with van der Waals surface area (Å²) < 4.78 is 10.3. The summed E-state index contributed by atoms with van der Waals surface area (Å²) in [4.78, 5) is 11.4. The molecule has 0 saturated heterocycles. The smallest absolute Gasteiger partial charge is 0.341 e. The number of phenols is 1. The third-order valence-electron chi connectivity index (χ3n) is 3.59. The monoisotopic (exact) mass is 308 g/mol. The number of esters is 1. The van der Waals surface area contributed by atoms with E-state index in [9.17, 15) is 9.90 Å². The van der Waals surface area contributed by atoms with Gasteiger partial charge in [0.15, 0.2) is 0 Å². The Kier molecular flexibility index (Phi) is 4.15. The van der Waals surface area contributed by atoms with Crippen LogP contribution < -0.4 is 4.74 Å². The fraction of sp³-hybridized carbons (Fsp3) is 0.105. The summed E-state index contributed by atoms with van der Waals surface area (Å²) >= 11 is 0. The first-order chi connectivity index (χ1) is 11.2. The first kappa shape index (κ1) is 14.9. The third kappa shape index (κ3) is 3.26. The van der Waals surface area contributed by atoms with Crippen molar-refractivity contribution in [1.82, 2.24) is 0 Å². The molecule has 0 atom stereocenters. The molecule has 0 aliphatic heterocycles. The number of hydrogen-bond donors (Lipinski definition) is 1.